The van der Waals surface area contributed by atoms with Crippen LogP contribution in [0.15, 0.2) is 66.7 Å². The molecule has 3 aromatic rings. The molecule has 3 aromatic carbocycles. The number of fused-ring (bicyclic) bond motifs is 1. The molecule has 0 aliphatic heterocycles. The molecule has 0 aliphatic rings. The minimum absolute atomic E-state index is 0.232. The Kier molecular flexibility index (Phi) is 3.89. The Morgan fingerprint density at radius 3 is 2.26 bits per heavy atom. The third-order valence-corrected chi connectivity index (χ3v) is 5.00. The third-order valence-electron chi connectivity index (χ3n) is 3.26. The molecule has 0 aromatic heterocycles. The van der Waals surface area contributed by atoms with Crippen LogP contribution >= 0.6 is 38.5 Å². The summed E-state index contributed by atoms with van der Waals surface area (Å²) in [4.78, 5) is 0.232. The summed E-state index contributed by atoms with van der Waals surface area (Å²) >= 11 is 6.17. The van der Waals surface area contributed by atoms with Crippen LogP contribution in [0, 0.1) is 3.57 Å². The van der Waals surface area contributed by atoms with Crippen molar-refractivity contribution < 1.29 is 0 Å². The molecule has 0 bridgehead atoms. The number of benzene rings is 3. The lowest BCUT2D eigenvalue weighted by Crippen LogP contribution is -1.94. The molecule has 19 heavy (non-hydrogen) atoms. The van der Waals surface area contributed by atoms with Gasteiger partial charge in [-0.05, 0) is 56.6 Å². The fraction of sp³-hybridized carbons (Fsp3) is 0.0588. The van der Waals surface area contributed by atoms with Gasteiger partial charge < -0.3 is 0 Å². The molecule has 0 amide bonds. The molecule has 0 aliphatic carbocycles. The summed E-state index contributed by atoms with van der Waals surface area (Å²) in [6.07, 6.45) is 0. The van der Waals surface area contributed by atoms with E-state index in [2.05, 4.69) is 105 Å². The Bertz CT molecular complexity index is 699. The molecule has 3 rings (SSSR count). The van der Waals surface area contributed by atoms with Crippen LogP contribution in [0.2, 0.25) is 0 Å². The Balaban J connectivity index is 2.11. The first-order valence-corrected chi connectivity index (χ1v) is 8.12. The number of hydrogen-bond acceptors (Lipinski definition) is 0. The molecule has 0 nitrogen and oxygen atoms in total. The molecular formula is C17H12BrI. The maximum atomic E-state index is 3.84. The second-order valence-electron chi connectivity index (χ2n) is 4.48. The minimum Gasteiger partial charge on any atom is -0.0786 e. The van der Waals surface area contributed by atoms with E-state index in [1.807, 2.05) is 0 Å². The van der Waals surface area contributed by atoms with Gasteiger partial charge in [0.25, 0.3) is 0 Å². The van der Waals surface area contributed by atoms with Gasteiger partial charge in [-0.3, -0.25) is 0 Å². The summed E-state index contributed by atoms with van der Waals surface area (Å²) in [6.45, 7) is 0. The van der Waals surface area contributed by atoms with Crippen LogP contribution in [0.3, 0.4) is 0 Å². The normalized spacial score (nSPS) is 12.5. The molecule has 0 saturated heterocycles. The largest absolute Gasteiger partial charge is 0.0786 e. The van der Waals surface area contributed by atoms with E-state index >= 15 is 0 Å². The van der Waals surface area contributed by atoms with Crippen LogP contribution in [0.1, 0.15) is 16.0 Å². The van der Waals surface area contributed by atoms with Crippen LogP contribution in [-0.2, 0) is 0 Å². The fourth-order valence-corrected chi connectivity index (χ4v) is 3.35. The van der Waals surface area contributed by atoms with Crippen molar-refractivity contribution in [3.8, 4) is 0 Å². The molecule has 0 heterocycles. The predicted molar refractivity (Wildman–Crippen MR) is 93.9 cm³/mol. The maximum absolute atomic E-state index is 3.84. The van der Waals surface area contributed by atoms with Gasteiger partial charge in [0.2, 0.25) is 0 Å². The fourth-order valence-electron chi connectivity index (χ4n) is 2.28. The summed E-state index contributed by atoms with van der Waals surface area (Å²) in [6, 6.07) is 23.7. The highest BCUT2D eigenvalue weighted by Crippen LogP contribution is 2.35. The summed E-state index contributed by atoms with van der Waals surface area (Å²) in [5.74, 6) is 0. The molecule has 1 unspecified atom stereocenters. The Labute approximate surface area is 135 Å². The van der Waals surface area contributed by atoms with Crippen LogP contribution < -0.4 is 0 Å². The molecule has 94 valence electrons. The van der Waals surface area contributed by atoms with Gasteiger partial charge in [0, 0.05) is 3.57 Å². The highest BCUT2D eigenvalue weighted by Gasteiger charge is 2.12. The zero-order chi connectivity index (χ0) is 13.2. The van der Waals surface area contributed by atoms with E-state index in [9.17, 15) is 0 Å². The first kappa shape index (κ1) is 13.1. The van der Waals surface area contributed by atoms with Crippen molar-refractivity contribution in [3.63, 3.8) is 0 Å². The zero-order valence-electron chi connectivity index (χ0n) is 10.2. The van der Waals surface area contributed by atoms with Gasteiger partial charge in [-0.2, -0.15) is 0 Å². The second kappa shape index (κ2) is 5.63. The van der Waals surface area contributed by atoms with Gasteiger partial charge in [0.1, 0.15) is 0 Å². The highest BCUT2D eigenvalue weighted by molar-refractivity contribution is 14.1. The Morgan fingerprint density at radius 2 is 1.47 bits per heavy atom. The van der Waals surface area contributed by atoms with Crippen LogP contribution in [-0.4, -0.2) is 0 Å². The molecule has 0 fully saturated rings. The van der Waals surface area contributed by atoms with E-state index in [0.717, 1.165) is 0 Å². The summed E-state index contributed by atoms with van der Waals surface area (Å²) in [5.41, 5.74) is 2.61. The standard InChI is InChI=1S/C17H12BrI/c18-17(13-8-10-14(19)11-9-13)16-7-3-5-12-4-1-2-6-15(12)16/h1-11,17H. The zero-order valence-corrected chi connectivity index (χ0v) is 13.9. The first-order chi connectivity index (χ1) is 9.25. The molecule has 0 saturated carbocycles. The van der Waals surface area contributed by atoms with Gasteiger partial charge in [-0.25, -0.2) is 0 Å². The van der Waals surface area contributed by atoms with Crippen molar-refractivity contribution in [2.24, 2.45) is 0 Å². The second-order valence-corrected chi connectivity index (χ2v) is 6.64. The Morgan fingerprint density at radius 1 is 0.789 bits per heavy atom. The van der Waals surface area contributed by atoms with E-state index in [-0.39, 0.29) is 4.83 Å². The van der Waals surface area contributed by atoms with E-state index in [4.69, 9.17) is 0 Å². The monoisotopic (exact) mass is 422 g/mol. The van der Waals surface area contributed by atoms with Crippen LogP contribution in [0.25, 0.3) is 10.8 Å². The van der Waals surface area contributed by atoms with Crippen LogP contribution in [0.5, 0.6) is 0 Å². The van der Waals surface area contributed by atoms with E-state index in [0.29, 0.717) is 0 Å². The van der Waals surface area contributed by atoms with Crippen molar-refractivity contribution in [1.82, 2.24) is 0 Å². The topological polar surface area (TPSA) is 0 Å². The van der Waals surface area contributed by atoms with Crippen molar-refractivity contribution in [2.75, 3.05) is 0 Å². The SMILES string of the molecule is BrC(c1ccc(I)cc1)c1cccc2ccccc12. The van der Waals surface area contributed by atoms with Gasteiger partial charge in [0.15, 0.2) is 0 Å². The number of alkyl halides is 1. The molecule has 0 spiro atoms. The highest BCUT2D eigenvalue weighted by atomic mass is 127. The van der Waals surface area contributed by atoms with E-state index < -0.39 is 0 Å². The van der Waals surface area contributed by atoms with E-state index in [1.54, 1.807) is 0 Å². The summed E-state index contributed by atoms with van der Waals surface area (Å²) in [5, 5.41) is 2.60. The number of rotatable bonds is 2. The lowest BCUT2D eigenvalue weighted by molar-refractivity contribution is 1.20. The third kappa shape index (κ3) is 2.70. The molecule has 2 heteroatoms. The maximum Gasteiger partial charge on any atom is 0.0650 e. The lowest BCUT2D eigenvalue weighted by atomic mass is 9.98. The van der Waals surface area contributed by atoms with Crippen molar-refractivity contribution >= 4 is 49.3 Å². The summed E-state index contributed by atoms with van der Waals surface area (Å²) < 4.78 is 1.26. The lowest BCUT2D eigenvalue weighted by Gasteiger charge is -2.13. The molecule has 0 radical (unpaired) electrons. The Hall–Kier alpha value is -0.870. The minimum atomic E-state index is 0.232. The van der Waals surface area contributed by atoms with Crippen LogP contribution in [0.4, 0.5) is 0 Å². The molecular weight excluding hydrogens is 411 g/mol. The quantitative estimate of drug-likeness (QED) is 0.354. The number of halogens is 2. The van der Waals surface area contributed by atoms with E-state index in [1.165, 1.54) is 25.5 Å². The number of hydrogen-bond donors (Lipinski definition) is 0. The van der Waals surface area contributed by atoms with Gasteiger partial charge in [0.05, 0.1) is 4.83 Å². The molecule has 1 atom stereocenters. The summed E-state index contributed by atoms with van der Waals surface area (Å²) in [7, 11) is 0. The van der Waals surface area contributed by atoms with Gasteiger partial charge >= 0.3 is 0 Å². The van der Waals surface area contributed by atoms with Gasteiger partial charge in [-0.1, -0.05) is 70.5 Å². The van der Waals surface area contributed by atoms with Crippen molar-refractivity contribution in [1.29, 1.82) is 0 Å². The molecule has 0 N–H and O–H groups in total. The van der Waals surface area contributed by atoms with Crippen molar-refractivity contribution in [3.05, 3.63) is 81.4 Å². The van der Waals surface area contributed by atoms with Crippen molar-refractivity contribution in [2.45, 2.75) is 4.83 Å². The predicted octanol–water partition coefficient (Wildman–Crippen LogP) is 5.93. The van der Waals surface area contributed by atoms with Gasteiger partial charge in [-0.15, -0.1) is 0 Å². The average molecular weight is 423 g/mol. The average Bonchev–Trinajstić information content (AvgIpc) is 2.47. The smallest absolute Gasteiger partial charge is 0.0650 e. The first-order valence-electron chi connectivity index (χ1n) is 6.13.